The Labute approximate surface area is 219 Å². The van der Waals surface area contributed by atoms with E-state index in [9.17, 15) is 31.6 Å². The van der Waals surface area contributed by atoms with Gasteiger partial charge in [-0.25, -0.2) is 8.42 Å². The van der Waals surface area contributed by atoms with Gasteiger partial charge in [0.05, 0.1) is 22.5 Å². The molecule has 3 saturated carbocycles. The van der Waals surface area contributed by atoms with Crippen molar-refractivity contribution < 1.29 is 26.4 Å². The molecule has 3 atom stereocenters. The van der Waals surface area contributed by atoms with Crippen LogP contribution in [-0.4, -0.2) is 43.8 Å². The van der Waals surface area contributed by atoms with E-state index in [0.717, 1.165) is 42.5 Å². The Morgan fingerprint density at radius 1 is 1.11 bits per heavy atom. The Bertz CT molecular complexity index is 1220. The molecule has 9 nitrogen and oxygen atoms in total. The monoisotopic (exact) mass is 552 g/mol. The van der Waals surface area contributed by atoms with Gasteiger partial charge in [0.2, 0.25) is 0 Å². The van der Waals surface area contributed by atoms with E-state index in [1.54, 1.807) is 0 Å². The van der Waals surface area contributed by atoms with Gasteiger partial charge in [-0.1, -0.05) is 0 Å². The number of hydrogen-bond acceptors (Lipinski definition) is 7. The van der Waals surface area contributed by atoms with E-state index in [-0.39, 0.29) is 29.3 Å². The minimum atomic E-state index is -5.50. The van der Waals surface area contributed by atoms with Gasteiger partial charge in [-0.05, 0) is 81.0 Å². The molecule has 38 heavy (non-hydrogen) atoms. The molecule has 0 spiro atoms. The summed E-state index contributed by atoms with van der Waals surface area (Å²) in [6.07, 6.45) is 8.58. The fourth-order valence-corrected chi connectivity index (χ4v) is 5.79. The molecule has 1 amide bonds. The molecule has 1 aromatic carbocycles. The fourth-order valence-electron chi connectivity index (χ4n) is 5.02. The predicted octanol–water partition coefficient (Wildman–Crippen LogP) is 3.17. The maximum Gasteiger partial charge on any atom is 0.501 e. The van der Waals surface area contributed by atoms with Crippen molar-refractivity contribution in [3.05, 3.63) is 36.0 Å². The number of nitrogens with zero attached hydrogens (tertiary/aromatic N) is 1. The summed E-state index contributed by atoms with van der Waals surface area (Å²) in [6, 6.07) is 6.52. The van der Waals surface area contributed by atoms with E-state index in [1.807, 2.05) is 0 Å². The molecule has 0 radical (unpaired) electrons. The van der Waals surface area contributed by atoms with Gasteiger partial charge in [0.15, 0.2) is 0 Å². The summed E-state index contributed by atoms with van der Waals surface area (Å²) < 4.78 is 61.2. The maximum atomic E-state index is 12.7. The lowest BCUT2D eigenvalue weighted by atomic mass is 9.81. The number of primary amides is 1. The summed E-state index contributed by atoms with van der Waals surface area (Å²) in [5.74, 6) is -0.160. The number of carbonyl (C=O) groups excluding carboxylic acids is 1. The zero-order chi connectivity index (χ0) is 27.7. The number of hydrogen-bond donors (Lipinski definition) is 5. The first-order valence-electron chi connectivity index (χ1n) is 12.6. The average Bonchev–Trinajstić information content (AvgIpc) is 3.77. The molecule has 1 aromatic rings. The quantitative estimate of drug-likeness (QED) is 0.169. The van der Waals surface area contributed by atoms with Crippen LogP contribution in [0, 0.1) is 34.5 Å². The van der Waals surface area contributed by atoms with Crippen molar-refractivity contribution in [1.82, 2.24) is 10.6 Å². The zero-order valence-electron chi connectivity index (χ0n) is 20.6. The highest BCUT2D eigenvalue weighted by molar-refractivity contribution is 7.92. The van der Waals surface area contributed by atoms with E-state index >= 15 is 0 Å². The van der Waals surface area contributed by atoms with Crippen LogP contribution in [0.3, 0.4) is 0 Å². The molecule has 0 aliphatic heterocycles. The second-order valence-corrected chi connectivity index (χ2v) is 12.2. The van der Waals surface area contributed by atoms with Crippen molar-refractivity contribution in [1.29, 1.82) is 10.7 Å². The van der Waals surface area contributed by atoms with Gasteiger partial charge in [0.25, 0.3) is 15.7 Å². The van der Waals surface area contributed by atoms with Crippen LogP contribution in [0.15, 0.2) is 40.9 Å². The SMILES string of the molecule is N#CC1C[C@H](NC(C2CC2)C2CC2)CC[C@@H]1N/C=C(\C(=N)Nc1ccc(S(=O)(=O)C(F)(F)F)cc1)C(N)=O. The largest absolute Gasteiger partial charge is 0.501 e. The normalized spacial score (nSPS) is 24.5. The number of nitrogens with one attached hydrogen (secondary N) is 4. The van der Waals surface area contributed by atoms with Crippen LogP contribution < -0.4 is 21.7 Å². The molecule has 3 aliphatic rings. The van der Waals surface area contributed by atoms with E-state index in [0.29, 0.717) is 18.9 Å². The zero-order valence-corrected chi connectivity index (χ0v) is 21.4. The van der Waals surface area contributed by atoms with Crippen LogP contribution in [0.1, 0.15) is 44.9 Å². The van der Waals surface area contributed by atoms with Crippen molar-refractivity contribution >= 4 is 27.3 Å². The Hall–Kier alpha value is -3.11. The predicted molar refractivity (Wildman–Crippen MR) is 134 cm³/mol. The third kappa shape index (κ3) is 6.47. The summed E-state index contributed by atoms with van der Waals surface area (Å²) in [5, 5.41) is 27.4. The highest BCUT2D eigenvalue weighted by Crippen LogP contribution is 2.45. The van der Waals surface area contributed by atoms with Gasteiger partial charge in [-0.2, -0.15) is 18.4 Å². The fraction of sp³-hybridized carbons (Fsp3) is 0.560. The van der Waals surface area contributed by atoms with Crippen LogP contribution in [0.5, 0.6) is 0 Å². The molecular weight excluding hydrogens is 521 g/mol. The first-order chi connectivity index (χ1) is 17.9. The van der Waals surface area contributed by atoms with Crippen molar-refractivity contribution in [3.8, 4) is 6.07 Å². The summed E-state index contributed by atoms with van der Waals surface area (Å²) in [4.78, 5) is 11.1. The molecule has 1 unspecified atom stereocenters. The lowest BCUT2D eigenvalue weighted by Gasteiger charge is -2.35. The number of rotatable bonds is 10. The molecule has 206 valence electrons. The molecule has 0 heterocycles. The number of amides is 1. The first kappa shape index (κ1) is 27.9. The third-order valence-electron chi connectivity index (χ3n) is 7.42. The number of amidine groups is 1. The Morgan fingerprint density at radius 3 is 2.21 bits per heavy atom. The van der Waals surface area contributed by atoms with Crippen LogP contribution in [0.4, 0.5) is 18.9 Å². The Morgan fingerprint density at radius 2 is 1.71 bits per heavy atom. The number of nitriles is 1. The van der Waals surface area contributed by atoms with E-state index in [1.165, 1.54) is 31.9 Å². The second kappa shape index (κ2) is 10.9. The Balaban J connectivity index is 1.36. The molecular formula is C25H31F3N6O3S. The van der Waals surface area contributed by atoms with Gasteiger partial charge in [0.1, 0.15) is 5.84 Å². The molecule has 3 fully saturated rings. The van der Waals surface area contributed by atoms with Gasteiger partial charge < -0.3 is 21.7 Å². The lowest BCUT2D eigenvalue weighted by molar-refractivity contribution is -0.114. The molecule has 0 aromatic heterocycles. The summed E-state index contributed by atoms with van der Waals surface area (Å²) in [6.45, 7) is 0. The van der Waals surface area contributed by atoms with E-state index in [4.69, 9.17) is 11.1 Å². The number of carbonyl (C=O) groups is 1. The number of halogens is 3. The summed E-state index contributed by atoms with van der Waals surface area (Å²) in [5.41, 5.74) is -0.132. The van der Waals surface area contributed by atoms with E-state index in [2.05, 4.69) is 22.0 Å². The van der Waals surface area contributed by atoms with Crippen LogP contribution in [-0.2, 0) is 14.6 Å². The van der Waals surface area contributed by atoms with Crippen molar-refractivity contribution in [2.45, 2.75) is 73.5 Å². The standard InChI is InChI=1S/C25H31F3N6O3S/c26-25(27,28)38(36,37)19-8-5-17(6-9-19)34-23(30)20(24(31)35)13-32-21-10-7-18(11-16(21)12-29)33-22(14-1-2-14)15-3-4-15/h5-6,8-9,13-16,18,21-22,32-33H,1-4,7,10-11H2,(H2,30,34)(H2,31,35)/b20-13+/t16?,18-,21+/m1/s1. The van der Waals surface area contributed by atoms with Crippen LogP contribution >= 0.6 is 0 Å². The van der Waals surface area contributed by atoms with Crippen molar-refractivity contribution in [3.63, 3.8) is 0 Å². The van der Waals surface area contributed by atoms with Crippen LogP contribution in [0.25, 0.3) is 0 Å². The van der Waals surface area contributed by atoms with Gasteiger partial charge in [-0.15, -0.1) is 0 Å². The van der Waals surface area contributed by atoms with Gasteiger partial charge >= 0.3 is 5.51 Å². The highest BCUT2D eigenvalue weighted by atomic mass is 32.2. The first-order valence-corrected chi connectivity index (χ1v) is 14.1. The Kier molecular flexibility index (Phi) is 8.04. The number of nitrogens with two attached hydrogens (primary N) is 1. The smallest absolute Gasteiger partial charge is 0.386 e. The highest BCUT2D eigenvalue weighted by Gasteiger charge is 2.47. The summed E-state index contributed by atoms with van der Waals surface area (Å²) in [7, 11) is -5.50. The van der Waals surface area contributed by atoms with Crippen molar-refractivity contribution in [2.75, 3.05) is 5.32 Å². The lowest BCUT2D eigenvalue weighted by Crippen LogP contribution is -2.48. The minimum Gasteiger partial charge on any atom is -0.386 e. The number of benzene rings is 1. The second-order valence-electron chi connectivity index (χ2n) is 10.3. The third-order valence-corrected chi connectivity index (χ3v) is 8.92. The molecule has 6 N–H and O–H groups in total. The van der Waals surface area contributed by atoms with Gasteiger partial charge in [0, 0.05) is 30.0 Å². The molecule has 0 saturated heterocycles. The summed E-state index contributed by atoms with van der Waals surface area (Å²) >= 11 is 0. The molecule has 3 aliphatic carbocycles. The van der Waals surface area contributed by atoms with E-state index < -0.39 is 32.0 Å². The minimum absolute atomic E-state index is 0.0886. The molecule has 0 bridgehead atoms. The maximum absolute atomic E-state index is 12.7. The molecule has 4 rings (SSSR count). The number of anilines is 1. The topological polar surface area (TPSA) is 161 Å². The van der Waals surface area contributed by atoms with Crippen molar-refractivity contribution in [2.24, 2.45) is 23.5 Å². The molecule has 13 heteroatoms. The van der Waals surface area contributed by atoms with Crippen LogP contribution in [0.2, 0.25) is 0 Å². The van der Waals surface area contributed by atoms with Gasteiger partial charge in [-0.3, -0.25) is 10.2 Å². The number of sulfone groups is 1. The number of alkyl halides is 3. The average molecular weight is 553 g/mol.